The zero-order valence-electron chi connectivity index (χ0n) is 9.38. The molecule has 1 amide bonds. The number of carbonyl (C=O) groups is 1. The summed E-state index contributed by atoms with van der Waals surface area (Å²) in [5.74, 6) is -1.43. The minimum absolute atomic E-state index is 0.126. The molecule has 1 unspecified atom stereocenters. The first-order valence-electron chi connectivity index (χ1n) is 5.40. The first-order chi connectivity index (χ1) is 8.49. The van der Waals surface area contributed by atoms with Gasteiger partial charge in [-0.2, -0.15) is 0 Å². The van der Waals surface area contributed by atoms with Crippen molar-refractivity contribution in [3.05, 3.63) is 39.7 Å². The van der Waals surface area contributed by atoms with E-state index >= 15 is 0 Å². The second kappa shape index (κ2) is 4.69. The number of benzene rings is 1. The molecule has 1 fully saturated rings. The summed E-state index contributed by atoms with van der Waals surface area (Å²) in [6.07, 6.45) is -0.182. The molecule has 1 aromatic carbocycles. The largest absolute Gasteiger partial charge is 0.391 e. The van der Waals surface area contributed by atoms with Crippen LogP contribution in [0.5, 0.6) is 0 Å². The summed E-state index contributed by atoms with van der Waals surface area (Å²) in [7, 11) is 0. The van der Waals surface area contributed by atoms with E-state index in [1.54, 1.807) is 0 Å². The van der Waals surface area contributed by atoms with E-state index in [1.165, 1.54) is 4.90 Å². The zero-order valence-corrected chi connectivity index (χ0v) is 9.38. The SMILES string of the molecule is O=C(c1cc([N+](=O)[O-])ccc1F)N1CCC(O)C1. The third-order valence-corrected chi connectivity index (χ3v) is 2.84. The number of β-amino-alcohol motifs (C(OH)–C–C–N with tert-alkyl or cyclic N) is 1. The van der Waals surface area contributed by atoms with Gasteiger partial charge in [-0.3, -0.25) is 14.9 Å². The predicted octanol–water partition coefficient (Wildman–Crippen LogP) is 0.941. The number of carbonyl (C=O) groups excluding carboxylic acids is 1. The van der Waals surface area contributed by atoms with Gasteiger partial charge in [0.15, 0.2) is 0 Å². The van der Waals surface area contributed by atoms with Crippen LogP contribution in [0.25, 0.3) is 0 Å². The van der Waals surface area contributed by atoms with Crippen molar-refractivity contribution in [3.63, 3.8) is 0 Å². The Morgan fingerprint density at radius 2 is 2.28 bits per heavy atom. The Balaban J connectivity index is 2.29. The molecule has 1 aliphatic rings. The molecule has 1 heterocycles. The van der Waals surface area contributed by atoms with Crippen molar-refractivity contribution in [2.45, 2.75) is 12.5 Å². The van der Waals surface area contributed by atoms with Gasteiger partial charge in [0.1, 0.15) is 5.82 Å². The maximum Gasteiger partial charge on any atom is 0.270 e. The van der Waals surface area contributed by atoms with E-state index in [0.29, 0.717) is 13.0 Å². The molecular formula is C11H11FN2O4. The quantitative estimate of drug-likeness (QED) is 0.628. The number of hydrogen-bond acceptors (Lipinski definition) is 4. The average Bonchev–Trinajstić information content (AvgIpc) is 2.75. The summed E-state index contributed by atoms with van der Waals surface area (Å²) >= 11 is 0. The fraction of sp³-hybridized carbons (Fsp3) is 0.364. The van der Waals surface area contributed by atoms with E-state index in [0.717, 1.165) is 18.2 Å². The van der Waals surface area contributed by atoms with E-state index in [4.69, 9.17) is 0 Å². The molecule has 1 aromatic rings. The number of amides is 1. The number of nitro groups is 1. The van der Waals surface area contributed by atoms with Crippen molar-refractivity contribution in [1.29, 1.82) is 0 Å². The van der Waals surface area contributed by atoms with Crippen LogP contribution in [0.4, 0.5) is 10.1 Å². The number of hydrogen-bond donors (Lipinski definition) is 1. The zero-order chi connectivity index (χ0) is 13.3. The van der Waals surface area contributed by atoms with Gasteiger partial charge in [-0.25, -0.2) is 4.39 Å². The molecule has 0 bridgehead atoms. The Hall–Kier alpha value is -2.02. The molecular weight excluding hydrogens is 243 g/mol. The fourth-order valence-corrected chi connectivity index (χ4v) is 1.89. The van der Waals surface area contributed by atoms with Gasteiger partial charge in [0.2, 0.25) is 0 Å². The number of rotatable bonds is 2. The van der Waals surface area contributed by atoms with Gasteiger partial charge in [0.05, 0.1) is 16.6 Å². The van der Waals surface area contributed by atoms with Crippen molar-refractivity contribution in [3.8, 4) is 0 Å². The van der Waals surface area contributed by atoms with E-state index in [9.17, 15) is 24.4 Å². The number of aliphatic hydroxyl groups excluding tert-OH is 1. The average molecular weight is 254 g/mol. The van der Waals surface area contributed by atoms with Crippen LogP contribution in [-0.4, -0.2) is 40.0 Å². The van der Waals surface area contributed by atoms with Gasteiger partial charge in [-0.05, 0) is 12.5 Å². The second-order valence-corrected chi connectivity index (χ2v) is 4.11. The number of nitrogens with zero attached hydrogens (tertiary/aromatic N) is 2. The summed E-state index contributed by atoms with van der Waals surface area (Å²) in [4.78, 5) is 23.1. The lowest BCUT2D eigenvalue weighted by Crippen LogP contribution is -2.30. The molecule has 18 heavy (non-hydrogen) atoms. The van der Waals surface area contributed by atoms with Crippen molar-refractivity contribution < 1.29 is 19.2 Å². The van der Waals surface area contributed by atoms with Gasteiger partial charge in [0.25, 0.3) is 11.6 Å². The second-order valence-electron chi connectivity index (χ2n) is 4.11. The van der Waals surface area contributed by atoms with Crippen LogP contribution in [0.2, 0.25) is 0 Å². The Morgan fingerprint density at radius 1 is 1.56 bits per heavy atom. The first-order valence-corrected chi connectivity index (χ1v) is 5.40. The van der Waals surface area contributed by atoms with Crippen molar-refractivity contribution in [2.75, 3.05) is 13.1 Å². The van der Waals surface area contributed by atoms with Crippen LogP contribution in [-0.2, 0) is 0 Å². The molecule has 0 spiro atoms. The summed E-state index contributed by atoms with van der Waals surface area (Å²) in [5.41, 5.74) is -0.669. The number of aliphatic hydroxyl groups is 1. The van der Waals surface area contributed by atoms with Crippen LogP contribution in [0.1, 0.15) is 16.8 Å². The highest BCUT2D eigenvalue weighted by atomic mass is 19.1. The van der Waals surface area contributed by atoms with Gasteiger partial charge < -0.3 is 10.0 Å². The molecule has 0 aromatic heterocycles. The van der Waals surface area contributed by atoms with Crippen LogP contribution < -0.4 is 0 Å². The molecule has 2 rings (SSSR count). The first kappa shape index (κ1) is 12.4. The lowest BCUT2D eigenvalue weighted by Gasteiger charge is -2.15. The van der Waals surface area contributed by atoms with Crippen LogP contribution in [0.15, 0.2) is 18.2 Å². The summed E-state index contributed by atoms with van der Waals surface area (Å²) in [6, 6.07) is 2.82. The highest BCUT2D eigenvalue weighted by Gasteiger charge is 2.28. The van der Waals surface area contributed by atoms with Gasteiger partial charge in [0, 0.05) is 25.2 Å². The van der Waals surface area contributed by atoms with Gasteiger partial charge in [-0.1, -0.05) is 0 Å². The van der Waals surface area contributed by atoms with E-state index in [-0.39, 0.29) is 17.8 Å². The van der Waals surface area contributed by atoms with Crippen LogP contribution in [0, 0.1) is 15.9 Å². The monoisotopic (exact) mass is 254 g/mol. The molecule has 1 aliphatic heterocycles. The predicted molar refractivity (Wildman–Crippen MR) is 59.6 cm³/mol. The maximum absolute atomic E-state index is 13.5. The number of non-ortho nitro benzene ring substituents is 1. The number of nitro benzene ring substituents is 1. The smallest absolute Gasteiger partial charge is 0.270 e. The van der Waals surface area contributed by atoms with Crippen molar-refractivity contribution in [2.24, 2.45) is 0 Å². The van der Waals surface area contributed by atoms with E-state index < -0.39 is 22.8 Å². The molecule has 96 valence electrons. The van der Waals surface area contributed by atoms with Crippen LogP contribution in [0.3, 0.4) is 0 Å². The Labute approximate surface area is 102 Å². The molecule has 0 saturated carbocycles. The number of halogens is 1. The molecule has 1 saturated heterocycles. The molecule has 1 atom stereocenters. The molecule has 1 N–H and O–H groups in total. The summed E-state index contributed by atoms with van der Waals surface area (Å²) in [5, 5.41) is 19.9. The third-order valence-electron chi connectivity index (χ3n) is 2.84. The minimum Gasteiger partial charge on any atom is -0.391 e. The minimum atomic E-state index is -0.799. The summed E-state index contributed by atoms with van der Waals surface area (Å²) in [6.45, 7) is 0.448. The molecule has 0 aliphatic carbocycles. The third kappa shape index (κ3) is 2.30. The highest BCUT2D eigenvalue weighted by Crippen LogP contribution is 2.20. The van der Waals surface area contributed by atoms with E-state index in [2.05, 4.69) is 0 Å². The molecule has 6 nitrogen and oxygen atoms in total. The van der Waals surface area contributed by atoms with Crippen molar-refractivity contribution >= 4 is 11.6 Å². The summed E-state index contributed by atoms with van der Waals surface area (Å²) < 4.78 is 13.5. The fourth-order valence-electron chi connectivity index (χ4n) is 1.89. The van der Waals surface area contributed by atoms with Crippen LogP contribution >= 0.6 is 0 Å². The molecule has 7 heteroatoms. The Kier molecular flexibility index (Phi) is 3.24. The lowest BCUT2D eigenvalue weighted by atomic mass is 10.1. The Morgan fingerprint density at radius 3 is 2.83 bits per heavy atom. The van der Waals surface area contributed by atoms with Gasteiger partial charge >= 0.3 is 0 Å². The maximum atomic E-state index is 13.5. The number of likely N-dealkylation sites (tertiary alicyclic amines) is 1. The van der Waals surface area contributed by atoms with Crippen molar-refractivity contribution in [1.82, 2.24) is 4.90 Å². The normalized spacial score (nSPS) is 19.0. The Bertz CT molecular complexity index is 506. The highest BCUT2D eigenvalue weighted by molar-refractivity contribution is 5.95. The lowest BCUT2D eigenvalue weighted by molar-refractivity contribution is -0.384. The topological polar surface area (TPSA) is 83.7 Å². The standard InChI is InChI=1S/C11H11FN2O4/c12-10-2-1-7(14(17)18)5-9(10)11(16)13-4-3-8(15)6-13/h1-2,5,8,15H,3-4,6H2. The molecule has 0 radical (unpaired) electrons. The van der Waals surface area contributed by atoms with E-state index in [1.807, 2.05) is 0 Å². The van der Waals surface area contributed by atoms with Gasteiger partial charge in [-0.15, -0.1) is 0 Å².